The van der Waals surface area contributed by atoms with Crippen LogP contribution in [0.1, 0.15) is 39.0 Å². The predicted molar refractivity (Wildman–Crippen MR) is 107 cm³/mol. The average Bonchev–Trinajstić information content (AvgIpc) is 2.93. The summed E-state index contributed by atoms with van der Waals surface area (Å²) in [5.74, 6) is 0.0629. The van der Waals surface area contributed by atoms with Crippen molar-refractivity contribution < 1.29 is 4.79 Å². The molecule has 1 aliphatic rings. The Bertz CT molecular complexity index is 977. The fourth-order valence-corrected chi connectivity index (χ4v) is 3.83. The molecule has 1 amide bonds. The Kier molecular flexibility index (Phi) is 4.44. The summed E-state index contributed by atoms with van der Waals surface area (Å²) in [5.41, 5.74) is 5.93. The molecule has 2 heterocycles. The molecule has 27 heavy (non-hydrogen) atoms. The molecule has 1 N–H and O–H groups in total. The summed E-state index contributed by atoms with van der Waals surface area (Å²) in [7, 11) is 1.94. The normalized spacial score (nSPS) is 16.2. The number of nitrogens with one attached hydrogen (secondary N) is 1. The topological polar surface area (TPSA) is 50.2 Å². The van der Waals surface area contributed by atoms with Crippen LogP contribution in [0.4, 0.5) is 5.69 Å². The second kappa shape index (κ2) is 6.91. The van der Waals surface area contributed by atoms with E-state index >= 15 is 0 Å². The molecule has 0 aliphatic carbocycles. The molecule has 138 valence electrons. The molecule has 1 atom stereocenters. The second-order valence-corrected chi connectivity index (χ2v) is 7.03. The fraction of sp³-hybridized carbons (Fsp3) is 0.273. The van der Waals surface area contributed by atoms with Gasteiger partial charge >= 0.3 is 0 Å². The van der Waals surface area contributed by atoms with Crippen molar-refractivity contribution in [2.75, 3.05) is 11.9 Å². The quantitative estimate of drug-likeness (QED) is 0.769. The van der Waals surface area contributed by atoms with Gasteiger partial charge in [0.15, 0.2) is 0 Å². The molecule has 3 aromatic rings. The molecule has 0 fully saturated rings. The first-order valence-corrected chi connectivity index (χ1v) is 9.27. The van der Waals surface area contributed by atoms with E-state index in [0.717, 1.165) is 34.6 Å². The van der Waals surface area contributed by atoms with Crippen LogP contribution in [0.3, 0.4) is 0 Å². The van der Waals surface area contributed by atoms with Crippen molar-refractivity contribution in [2.45, 2.75) is 26.4 Å². The number of rotatable bonds is 4. The fourth-order valence-electron chi connectivity index (χ4n) is 3.83. The molecule has 0 radical (unpaired) electrons. The van der Waals surface area contributed by atoms with Crippen LogP contribution in [0, 0.1) is 13.8 Å². The maximum absolute atomic E-state index is 13.3. The smallest absolute Gasteiger partial charge is 0.257 e. The van der Waals surface area contributed by atoms with E-state index in [-0.39, 0.29) is 12.1 Å². The molecule has 1 unspecified atom stereocenters. The Morgan fingerprint density at radius 3 is 2.44 bits per heavy atom. The molecule has 4 rings (SSSR count). The third kappa shape index (κ3) is 3.10. The summed E-state index contributed by atoms with van der Waals surface area (Å²) in [5, 5.41) is 8.14. The van der Waals surface area contributed by atoms with Gasteiger partial charge in [0.1, 0.15) is 6.17 Å². The standard InChI is InChI=1S/C22H24N4O/c1-15-20(16(2)25(3)24-15)21-23-19-12-8-7-11-18(19)22(27)26(21)14-13-17-9-5-4-6-10-17/h4-12,21,23H,13-14H2,1-3H3. The Morgan fingerprint density at radius 1 is 1.04 bits per heavy atom. The van der Waals surface area contributed by atoms with Gasteiger partial charge in [-0.1, -0.05) is 42.5 Å². The number of hydrogen-bond acceptors (Lipinski definition) is 3. The predicted octanol–water partition coefficient (Wildman–Crippen LogP) is 3.85. The van der Waals surface area contributed by atoms with Crippen molar-refractivity contribution >= 4 is 11.6 Å². The SMILES string of the molecule is Cc1nn(C)c(C)c1C1Nc2ccccc2C(=O)N1CCc1ccccc1. The van der Waals surface area contributed by atoms with Gasteiger partial charge in [-0.25, -0.2) is 0 Å². The number of para-hydroxylation sites is 1. The first kappa shape index (κ1) is 17.3. The van der Waals surface area contributed by atoms with Gasteiger partial charge in [-0.15, -0.1) is 0 Å². The number of benzene rings is 2. The molecule has 1 aromatic heterocycles. The lowest BCUT2D eigenvalue weighted by Gasteiger charge is -2.38. The number of aryl methyl sites for hydroxylation is 2. The zero-order valence-corrected chi connectivity index (χ0v) is 15.9. The monoisotopic (exact) mass is 360 g/mol. The molecule has 5 heteroatoms. The largest absolute Gasteiger partial charge is 0.361 e. The lowest BCUT2D eigenvalue weighted by atomic mass is 10.0. The average molecular weight is 360 g/mol. The highest BCUT2D eigenvalue weighted by atomic mass is 16.2. The molecule has 1 aliphatic heterocycles. The summed E-state index contributed by atoms with van der Waals surface area (Å²) in [6.45, 7) is 4.70. The highest BCUT2D eigenvalue weighted by Gasteiger charge is 2.35. The molecule has 0 saturated heterocycles. The van der Waals surface area contributed by atoms with E-state index in [1.807, 2.05) is 66.0 Å². The van der Waals surface area contributed by atoms with E-state index in [1.165, 1.54) is 5.56 Å². The third-order valence-electron chi connectivity index (χ3n) is 5.34. The maximum atomic E-state index is 13.3. The van der Waals surface area contributed by atoms with Crippen molar-refractivity contribution in [2.24, 2.45) is 7.05 Å². The van der Waals surface area contributed by atoms with Gasteiger partial charge in [-0.05, 0) is 38.0 Å². The molecule has 2 aromatic carbocycles. The van der Waals surface area contributed by atoms with Gasteiger partial charge in [-0.3, -0.25) is 9.48 Å². The summed E-state index contributed by atoms with van der Waals surface area (Å²) in [4.78, 5) is 15.2. The van der Waals surface area contributed by atoms with E-state index in [4.69, 9.17) is 0 Å². The Labute approximate surface area is 159 Å². The van der Waals surface area contributed by atoms with E-state index in [1.54, 1.807) is 0 Å². The number of aromatic nitrogens is 2. The van der Waals surface area contributed by atoms with Crippen LogP contribution in [0.15, 0.2) is 54.6 Å². The van der Waals surface area contributed by atoms with Crippen molar-refractivity contribution in [3.63, 3.8) is 0 Å². The molecular formula is C22H24N4O. The first-order chi connectivity index (χ1) is 13.1. The Morgan fingerprint density at radius 2 is 1.74 bits per heavy atom. The number of hydrogen-bond donors (Lipinski definition) is 1. The lowest BCUT2D eigenvalue weighted by Crippen LogP contribution is -2.44. The summed E-state index contributed by atoms with van der Waals surface area (Å²) in [6.07, 6.45) is 0.593. The minimum absolute atomic E-state index is 0.0629. The van der Waals surface area contributed by atoms with Gasteiger partial charge in [0, 0.05) is 30.5 Å². The van der Waals surface area contributed by atoms with E-state index in [2.05, 4.69) is 29.5 Å². The van der Waals surface area contributed by atoms with Crippen LogP contribution in [0.2, 0.25) is 0 Å². The molecular weight excluding hydrogens is 336 g/mol. The third-order valence-corrected chi connectivity index (χ3v) is 5.34. The zero-order chi connectivity index (χ0) is 19.0. The number of carbonyl (C=O) groups is 1. The van der Waals surface area contributed by atoms with Crippen LogP contribution < -0.4 is 5.32 Å². The lowest BCUT2D eigenvalue weighted by molar-refractivity contribution is 0.0684. The van der Waals surface area contributed by atoms with Crippen LogP contribution >= 0.6 is 0 Å². The minimum Gasteiger partial charge on any atom is -0.361 e. The summed E-state index contributed by atoms with van der Waals surface area (Å²) >= 11 is 0. The van der Waals surface area contributed by atoms with Gasteiger partial charge in [0.2, 0.25) is 0 Å². The number of carbonyl (C=O) groups excluding carboxylic acids is 1. The molecule has 0 bridgehead atoms. The first-order valence-electron chi connectivity index (χ1n) is 9.27. The van der Waals surface area contributed by atoms with Crippen LogP contribution in [0.25, 0.3) is 0 Å². The zero-order valence-electron chi connectivity index (χ0n) is 15.9. The Balaban J connectivity index is 1.73. The molecule has 0 saturated carbocycles. The Hall–Kier alpha value is -3.08. The van der Waals surface area contributed by atoms with Gasteiger partial charge < -0.3 is 10.2 Å². The van der Waals surface area contributed by atoms with Gasteiger partial charge in [0.25, 0.3) is 5.91 Å². The van der Waals surface area contributed by atoms with Gasteiger partial charge in [-0.2, -0.15) is 5.10 Å². The number of nitrogens with zero attached hydrogens (tertiary/aromatic N) is 3. The number of fused-ring (bicyclic) bond motifs is 1. The second-order valence-electron chi connectivity index (χ2n) is 7.03. The highest BCUT2D eigenvalue weighted by molar-refractivity contribution is 6.01. The van der Waals surface area contributed by atoms with Crippen molar-refractivity contribution in [3.05, 3.63) is 82.7 Å². The van der Waals surface area contributed by atoms with Crippen LogP contribution in [0.5, 0.6) is 0 Å². The summed E-state index contributed by atoms with van der Waals surface area (Å²) < 4.78 is 1.88. The van der Waals surface area contributed by atoms with E-state index in [9.17, 15) is 4.79 Å². The molecule has 5 nitrogen and oxygen atoms in total. The van der Waals surface area contributed by atoms with E-state index < -0.39 is 0 Å². The van der Waals surface area contributed by atoms with Gasteiger partial charge in [0.05, 0.1) is 11.3 Å². The summed E-state index contributed by atoms with van der Waals surface area (Å²) in [6, 6.07) is 18.0. The van der Waals surface area contributed by atoms with Crippen LogP contribution in [-0.4, -0.2) is 27.1 Å². The van der Waals surface area contributed by atoms with Crippen molar-refractivity contribution in [1.29, 1.82) is 0 Å². The maximum Gasteiger partial charge on any atom is 0.257 e. The van der Waals surface area contributed by atoms with Crippen molar-refractivity contribution in [1.82, 2.24) is 14.7 Å². The van der Waals surface area contributed by atoms with Crippen molar-refractivity contribution in [3.8, 4) is 0 Å². The minimum atomic E-state index is -0.218. The molecule has 0 spiro atoms. The van der Waals surface area contributed by atoms with Crippen LogP contribution in [-0.2, 0) is 13.5 Å². The van der Waals surface area contributed by atoms with E-state index in [0.29, 0.717) is 6.54 Å². The number of amides is 1. The highest BCUT2D eigenvalue weighted by Crippen LogP contribution is 2.35. The number of anilines is 1.